The van der Waals surface area contributed by atoms with E-state index in [1.165, 1.54) is 11.1 Å². The monoisotopic (exact) mass is 237 g/mol. The molecular formula is C15H15N3. The molecule has 3 heteroatoms. The van der Waals surface area contributed by atoms with Crippen LogP contribution in [-0.2, 0) is 0 Å². The lowest BCUT2D eigenvalue weighted by Crippen LogP contribution is -2.03. The standard InChI is InChI=1S/C15H15N3/c1-11(2)18-15-13(12-7-4-3-5-8-12)9-6-10-14(15)16-17-18/h3-11H,1-2H3. The van der Waals surface area contributed by atoms with Gasteiger partial charge in [0.2, 0.25) is 0 Å². The van der Waals surface area contributed by atoms with Crippen molar-refractivity contribution < 1.29 is 0 Å². The molecule has 0 N–H and O–H groups in total. The van der Waals surface area contributed by atoms with Crippen LogP contribution in [0.15, 0.2) is 48.5 Å². The summed E-state index contributed by atoms with van der Waals surface area (Å²) in [6.07, 6.45) is 0. The van der Waals surface area contributed by atoms with Gasteiger partial charge in [0.05, 0.1) is 5.52 Å². The fourth-order valence-corrected chi connectivity index (χ4v) is 2.21. The van der Waals surface area contributed by atoms with E-state index in [-0.39, 0.29) is 0 Å². The molecule has 0 spiro atoms. The predicted molar refractivity (Wildman–Crippen MR) is 73.3 cm³/mol. The molecule has 3 nitrogen and oxygen atoms in total. The van der Waals surface area contributed by atoms with Crippen molar-refractivity contribution >= 4 is 11.0 Å². The summed E-state index contributed by atoms with van der Waals surface area (Å²) in [6, 6.07) is 16.8. The average molecular weight is 237 g/mol. The Hall–Kier alpha value is -2.16. The van der Waals surface area contributed by atoms with E-state index in [1.54, 1.807) is 0 Å². The summed E-state index contributed by atoms with van der Waals surface area (Å²) in [5.41, 5.74) is 4.45. The number of hydrogen-bond donors (Lipinski definition) is 0. The zero-order valence-electron chi connectivity index (χ0n) is 10.5. The van der Waals surface area contributed by atoms with Crippen molar-refractivity contribution in [1.82, 2.24) is 15.0 Å². The Morgan fingerprint density at radius 3 is 2.44 bits per heavy atom. The van der Waals surface area contributed by atoms with Crippen molar-refractivity contribution in [1.29, 1.82) is 0 Å². The third-order valence-electron chi connectivity index (χ3n) is 3.07. The van der Waals surface area contributed by atoms with Crippen molar-refractivity contribution in [2.45, 2.75) is 19.9 Å². The first-order valence-corrected chi connectivity index (χ1v) is 6.16. The van der Waals surface area contributed by atoms with E-state index in [2.05, 4.69) is 54.5 Å². The van der Waals surface area contributed by atoms with Gasteiger partial charge in [-0.15, -0.1) is 5.10 Å². The largest absolute Gasteiger partial charge is 0.242 e. The summed E-state index contributed by atoms with van der Waals surface area (Å²) in [7, 11) is 0. The highest BCUT2D eigenvalue weighted by atomic mass is 15.4. The van der Waals surface area contributed by atoms with Gasteiger partial charge < -0.3 is 0 Å². The lowest BCUT2D eigenvalue weighted by atomic mass is 10.0. The maximum atomic E-state index is 4.25. The van der Waals surface area contributed by atoms with Crippen LogP contribution in [0.4, 0.5) is 0 Å². The van der Waals surface area contributed by atoms with Gasteiger partial charge in [0.1, 0.15) is 5.52 Å². The number of fused-ring (bicyclic) bond motifs is 1. The van der Waals surface area contributed by atoms with Gasteiger partial charge in [-0.3, -0.25) is 0 Å². The molecule has 0 fully saturated rings. The highest BCUT2D eigenvalue weighted by Gasteiger charge is 2.12. The smallest absolute Gasteiger partial charge is 0.113 e. The van der Waals surface area contributed by atoms with E-state index in [4.69, 9.17) is 0 Å². The van der Waals surface area contributed by atoms with Crippen LogP contribution >= 0.6 is 0 Å². The summed E-state index contributed by atoms with van der Waals surface area (Å²) in [5.74, 6) is 0. The molecule has 90 valence electrons. The summed E-state index contributed by atoms with van der Waals surface area (Å²) in [5, 5.41) is 8.49. The first-order valence-electron chi connectivity index (χ1n) is 6.16. The molecule has 3 aromatic rings. The molecule has 0 atom stereocenters. The average Bonchev–Trinajstić information content (AvgIpc) is 2.83. The minimum absolute atomic E-state index is 0.305. The number of nitrogens with zero attached hydrogens (tertiary/aromatic N) is 3. The molecule has 0 aliphatic rings. The highest BCUT2D eigenvalue weighted by Crippen LogP contribution is 2.28. The van der Waals surface area contributed by atoms with Gasteiger partial charge in [0.15, 0.2) is 0 Å². The van der Waals surface area contributed by atoms with E-state index in [0.29, 0.717) is 6.04 Å². The van der Waals surface area contributed by atoms with Crippen molar-refractivity contribution in [2.75, 3.05) is 0 Å². The predicted octanol–water partition coefficient (Wildman–Crippen LogP) is 3.68. The van der Waals surface area contributed by atoms with Gasteiger partial charge in [-0.25, -0.2) is 4.68 Å². The van der Waals surface area contributed by atoms with Gasteiger partial charge in [-0.2, -0.15) is 0 Å². The Balaban J connectivity index is 2.32. The Bertz CT molecular complexity index is 669. The second-order valence-corrected chi connectivity index (χ2v) is 4.67. The fraction of sp³-hybridized carbons (Fsp3) is 0.200. The topological polar surface area (TPSA) is 30.7 Å². The quantitative estimate of drug-likeness (QED) is 0.680. The van der Waals surface area contributed by atoms with Crippen LogP contribution in [0.1, 0.15) is 19.9 Å². The van der Waals surface area contributed by atoms with Crippen LogP contribution in [0.5, 0.6) is 0 Å². The van der Waals surface area contributed by atoms with Crippen LogP contribution in [0, 0.1) is 0 Å². The van der Waals surface area contributed by atoms with Gasteiger partial charge >= 0.3 is 0 Å². The molecule has 3 rings (SSSR count). The lowest BCUT2D eigenvalue weighted by Gasteiger charge is -2.09. The van der Waals surface area contributed by atoms with Crippen LogP contribution < -0.4 is 0 Å². The first kappa shape index (κ1) is 11.0. The molecule has 0 amide bonds. The van der Waals surface area contributed by atoms with Gasteiger partial charge in [-0.1, -0.05) is 47.7 Å². The minimum Gasteiger partial charge on any atom is -0.242 e. The SMILES string of the molecule is CC(C)n1nnc2cccc(-c3ccccc3)c21. The molecule has 0 aliphatic carbocycles. The third kappa shape index (κ3) is 1.68. The van der Waals surface area contributed by atoms with Crippen molar-refractivity contribution in [2.24, 2.45) is 0 Å². The number of para-hydroxylation sites is 1. The van der Waals surface area contributed by atoms with E-state index in [9.17, 15) is 0 Å². The van der Waals surface area contributed by atoms with Crippen LogP contribution in [0.25, 0.3) is 22.2 Å². The Morgan fingerprint density at radius 2 is 1.72 bits per heavy atom. The maximum absolute atomic E-state index is 4.25. The second-order valence-electron chi connectivity index (χ2n) is 4.67. The van der Waals surface area contributed by atoms with E-state index in [1.807, 2.05) is 22.9 Å². The summed E-state index contributed by atoms with van der Waals surface area (Å²) < 4.78 is 1.98. The number of aromatic nitrogens is 3. The number of benzene rings is 2. The molecule has 0 saturated heterocycles. The number of rotatable bonds is 2. The lowest BCUT2D eigenvalue weighted by molar-refractivity contribution is 0.530. The van der Waals surface area contributed by atoms with Crippen molar-refractivity contribution in [3.05, 3.63) is 48.5 Å². The second kappa shape index (κ2) is 4.26. The Kier molecular flexibility index (Phi) is 2.59. The first-order chi connectivity index (χ1) is 8.77. The molecule has 0 saturated carbocycles. The normalized spacial score (nSPS) is 11.3. The Morgan fingerprint density at radius 1 is 0.944 bits per heavy atom. The third-order valence-corrected chi connectivity index (χ3v) is 3.07. The van der Waals surface area contributed by atoms with Crippen LogP contribution in [-0.4, -0.2) is 15.0 Å². The summed E-state index contributed by atoms with van der Waals surface area (Å²) >= 11 is 0. The molecule has 0 unspecified atom stereocenters. The zero-order chi connectivity index (χ0) is 12.5. The van der Waals surface area contributed by atoms with E-state index >= 15 is 0 Å². The molecule has 0 bridgehead atoms. The van der Waals surface area contributed by atoms with Crippen LogP contribution in [0.3, 0.4) is 0 Å². The minimum atomic E-state index is 0.305. The molecule has 1 aromatic heterocycles. The van der Waals surface area contributed by atoms with Crippen LogP contribution in [0.2, 0.25) is 0 Å². The molecule has 2 aromatic carbocycles. The molecular weight excluding hydrogens is 222 g/mol. The van der Waals surface area contributed by atoms with Gasteiger partial charge in [0, 0.05) is 11.6 Å². The molecule has 0 radical (unpaired) electrons. The molecule has 1 heterocycles. The van der Waals surface area contributed by atoms with Crippen molar-refractivity contribution in [3.8, 4) is 11.1 Å². The van der Waals surface area contributed by atoms with Crippen molar-refractivity contribution in [3.63, 3.8) is 0 Å². The molecule has 0 aliphatic heterocycles. The Labute approximate surface area is 106 Å². The molecule has 18 heavy (non-hydrogen) atoms. The van der Waals surface area contributed by atoms with E-state index in [0.717, 1.165) is 11.0 Å². The zero-order valence-corrected chi connectivity index (χ0v) is 10.5. The maximum Gasteiger partial charge on any atom is 0.113 e. The fourth-order valence-electron chi connectivity index (χ4n) is 2.21. The summed E-state index contributed by atoms with van der Waals surface area (Å²) in [6.45, 7) is 4.24. The summed E-state index contributed by atoms with van der Waals surface area (Å²) in [4.78, 5) is 0. The number of hydrogen-bond acceptors (Lipinski definition) is 2. The van der Waals surface area contributed by atoms with Gasteiger partial charge in [0.25, 0.3) is 0 Å². The highest BCUT2D eigenvalue weighted by molar-refractivity contribution is 5.91. The van der Waals surface area contributed by atoms with Gasteiger partial charge in [-0.05, 0) is 25.5 Å². The van der Waals surface area contributed by atoms with E-state index < -0.39 is 0 Å².